The number of nitrogens with one attached hydrogen (secondary N) is 1. The second-order valence-corrected chi connectivity index (χ2v) is 5.45. The van der Waals surface area contributed by atoms with E-state index in [0.29, 0.717) is 6.04 Å². The number of hydrogen-bond acceptors (Lipinski definition) is 2. The second kappa shape index (κ2) is 7.66. The van der Waals surface area contributed by atoms with Crippen molar-refractivity contribution in [3.05, 3.63) is 35.4 Å². The maximum Gasteiger partial charge on any atom is 0.0468 e. The van der Waals surface area contributed by atoms with Crippen LogP contribution in [0.4, 0.5) is 0 Å². The second-order valence-electron chi connectivity index (χ2n) is 5.45. The smallest absolute Gasteiger partial charge is 0.0468 e. The maximum absolute atomic E-state index is 5.47. The van der Waals surface area contributed by atoms with Gasteiger partial charge in [0.15, 0.2) is 0 Å². The molecule has 1 atom stereocenters. The molecule has 1 unspecified atom stereocenters. The van der Waals surface area contributed by atoms with Gasteiger partial charge in [-0.2, -0.15) is 0 Å². The molecule has 0 aromatic heterocycles. The Labute approximate surface area is 117 Å². The minimum Gasteiger partial charge on any atom is -0.381 e. The lowest BCUT2D eigenvalue weighted by Gasteiger charge is -2.28. The first-order valence-electron chi connectivity index (χ1n) is 7.74. The van der Waals surface area contributed by atoms with Crippen molar-refractivity contribution in [2.75, 3.05) is 19.8 Å². The Balaban J connectivity index is 2.09. The summed E-state index contributed by atoms with van der Waals surface area (Å²) in [5.41, 5.74) is 2.99. The Morgan fingerprint density at radius 2 is 1.95 bits per heavy atom. The molecule has 1 aromatic rings. The Morgan fingerprint density at radius 1 is 1.21 bits per heavy atom. The standard InChI is InChI=1S/C17H27NO/c1-3-15-7-5-6-8-16(15)17(18-4-2)13-14-9-11-19-12-10-14/h5-8,14,17-18H,3-4,9-13H2,1-2H3. The quantitative estimate of drug-likeness (QED) is 0.842. The average molecular weight is 261 g/mol. The van der Waals surface area contributed by atoms with Crippen molar-refractivity contribution in [3.63, 3.8) is 0 Å². The van der Waals surface area contributed by atoms with Crippen LogP contribution in [-0.2, 0) is 11.2 Å². The van der Waals surface area contributed by atoms with Gasteiger partial charge in [-0.1, -0.05) is 38.1 Å². The molecule has 0 aliphatic carbocycles. The molecule has 0 bridgehead atoms. The fraction of sp³-hybridized carbons (Fsp3) is 0.647. The van der Waals surface area contributed by atoms with Gasteiger partial charge in [-0.25, -0.2) is 0 Å². The molecule has 1 heterocycles. The van der Waals surface area contributed by atoms with Gasteiger partial charge in [-0.3, -0.25) is 0 Å². The van der Waals surface area contributed by atoms with Crippen LogP contribution in [0.1, 0.15) is 50.3 Å². The van der Waals surface area contributed by atoms with Gasteiger partial charge in [0.05, 0.1) is 0 Å². The number of aryl methyl sites for hydroxylation is 1. The molecule has 1 fully saturated rings. The zero-order valence-corrected chi connectivity index (χ0v) is 12.3. The third-order valence-electron chi connectivity index (χ3n) is 4.17. The third kappa shape index (κ3) is 4.05. The zero-order valence-electron chi connectivity index (χ0n) is 12.3. The highest BCUT2D eigenvalue weighted by Crippen LogP contribution is 2.29. The van der Waals surface area contributed by atoms with E-state index < -0.39 is 0 Å². The summed E-state index contributed by atoms with van der Waals surface area (Å²) in [6, 6.07) is 9.39. The van der Waals surface area contributed by atoms with Crippen molar-refractivity contribution in [1.29, 1.82) is 0 Å². The van der Waals surface area contributed by atoms with E-state index in [4.69, 9.17) is 4.74 Å². The number of benzene rings is 1. The fourth-order valence-electron chi connectivity index (χ4n) is 3.08. The molecular formula is C17H27NO. The van der Waals surface area contributed by atoms with E-state index in [1.807, 2.05) is 0 Å². The molecule has 1 aliphatic heterocycles. The monoisotopic (exact) mass is 261 g/mol. The highest BCUT2D eigenvalue weighted by atomic mass is 16.5. The van der Waals surface area contributed by atoms with E-state index >= 15 is 0 Å². The molecule has 1 N–H and O–H groups in total. The van der Waals surface area contributed by atoms with Gasteiger partial charge in [-0.05, 0) is 49.3 Å². The van der Waals surface area contributed by atoms with E-state index in [-0.39, 0.29) is 0 Å². The Morgan fingerprint density at radius 3 is 2.63 bits per heavy atom. The highest BCUT2D eigenvalue weighted by Gasteiger charge is 2.21. The molecule has 0 amide bonds. The van der Waals surface area contributed by atoms with Crippen LogP contribution in [0.2, 0.25) is 0 Å². The topological polar surface area (TPSA) is 21.3 Å². The third-order valence-corrected chi connectivity index (χ3v) is 4.17. The van der Waals surface area contributed by atoms with Crippen molar-refractivity contribution in [2.45, 2.75) is 45.6 Å². The van der Waals surface area contributed by atoms with Gasteiger partial charge in [-0.15, -0.1) is 0 Å². The zero-order chi connectivity index (χ0) is 13.5. The summed E-state index contributed by atoms with van der Waals surface area (Å²) in [5, 5.41) is 3.68. The van der Waals surface area contributed by atoms with E-state index in [9.17, 15) is 0 Å². The summed E-state index contributed by atoms with van der Waals surface area (Å²) in [4.78, 5) is 0. The van der Waals surface area contributed by atoms with Gasteiger partial charge >= 0.3 is 0 Å². The molecule has 19 heavy (non-hydrogen) atoms. The Hall–Kier alpha value is -0.860. The summed E-state index contributed by atoms with van der Waals surface area (Å²) in [6.45, 7) is 7.37. The van der Waals surface area contributed by atoms with E-state index in [2.05, 4.69) is 43.4 Å². The van der Waals surface area contributed by atoms with Gasteiger partial charge in [0.2, 0.25) is 0 Å². The van der Waals surface area contributed by atoms with Crippen LogP contribution in [0.25, 0.3) is 0 Å². The summed E-state index contributed by atoms with van der Waals surface area (Å²) in [7, 11) is 0. The predicted octanol–water partition coefficient (Wildman–Crippen LogP) is 3.72. The van der Waals surface area contributed by atoms with Gasteiger partial charge < -0.3 is 10.1 Å². The summed E-state index contributed by atoms with van der Waals surface area (Å²) < 4.78 is 5.47. The molecule has 0 saturated carbocycles. The summed E-state index contributed by atoms with van der Waals surface area (Å²) in [6.07, 6.45) is 4.80. The van der Waals surface area contributed by atoms with Gasteiger partial charge in [0, 0.05) is 19.3 Å². The number of ether oxygens (including phenoxy) is 1. The van der Waals surface area contributed by atoms with E-state index in [0.717, 1.165) is 32.1 Å². The first kappa shape index (κ1) is 14.5. The molecule has 106 valence electrons. The number of hydrogen-bond donors (Lipinski definition) is 1. The molecule has 1 saturated heterocycles. The van der Waals surface area contributed by atoms with Crippen LogP contribution in [0.5, 0.6) is 0 Å². The first-order chi connectivity index (χ1) is 9.35. The van der Waals surface area contributed by atoms with Crippen LogP contribution in [0.15, 0.2) is 24.3 Å². The molecule has 2 rings (SSSR count). The Bertz CT molecular complexity index is 371. The molecule has 1 aromatic carbocycles. The normalized spacial score (nSPS) is 18.4. The van der Waals surface area contributed by atoms with Crippen LogP contribution < -0.4 is 5.32 Å². The minimum atomic E-state index is 0.504. The average Bonchev–Trinajstić information content (AvgIpc) is 2.48. The maximum atomic E-state index is 5.47. The van der Waals surface area contributed by atoms with E-state index in [1.165, 1.54) is 30.4 Å². The van der Waals surface area contributed by atoms with Gasteiger partial charge in [0.1, 0.15) is 0 Å². The lowest BCUT2D eigenvalue weighted by molar-refractivity contribution is 0.0605. The summed E-state index contributed by atoms with van der Waals surface area (Å²) >= 11 is 0. The van der Waals surface area contributed by atoms with Crippen LogP contribution >= 0.6 is 0 Å². The Kier molecular flexibility index (Phi) is 5.87. The predicted molar refractivity (Wildman–Crippen MR) is 80.4 cm³/mol. The lowest BCUT2D eigenvalue weighted by Crippen LogP contribution is -2.27. The summed E-state index contributed by atoms with van der Waals surface area (Å²) in [5.74, 6) is 0.808. The van der Waals surface area contributed by atoms with Gasteiger partial charge in [0.25, 0.3) is 0 Å². The van der Waals surface area contributed by atoms with Crippen molar-refractivity contribution in [3.8, 4) is 0 Å². The van der Waals surface area contributed by atoms with Crippen LogP contribution in [0.3, 0.4) is 0 Å². The molecule has 0 radical (unpaired) electrons. The van der Waals surface area contributed by atoms with E-state index in [1.54, 1.807) is 0 Å². The van der Waals surface area contributed by atoms with Crippen LogP contribution in [-0.4, -0.2) is 19.8 Å². The first-order valence-corrected chi connectivity index (χ1v) is 7.74. The fourth-order valence-corrected chi connectivity index (χ4v) is 3.08. The number of rotatable bonds is 6. The molecule has 1 aliphatic rings. The molecular weight excluding hydrogens is 234 g/mol. The van der Waals surface area contributed by atoms with Crippen molar-refractivity contribution >= 4 is 0 Å². The lowest BCUT2D eigenvalue weighted by atomic mass is 9.87. The molecule has 2 heteroatoms. The van der Waals surface area contributed by atoms with Crippen molar-refractivity contribution < 1.29 is 4.74 Å². The van der Waals surface area contributed by atoms with Crippen LogP contribution in [0, 0.1) is 5.92 Å². The van der Waals surface area contributed by atoms with Crippen molar-refractivity contribution in [2.24, 2.45) is 5.92 Å². The molecule has 0 spiro atoms. The minimum absolute atomic E-state index is 0.504. The van der Waals surface area contributed by atoms with Crippen molar-refractivity contribution in [1.82, 2.24) is 5.32 Å². The molecule has 2 nitrogen and oxygen atoms in total. The highest BCUT2D eigenvalue weighted by molar-refractivity contribution is 5.30. The SMILES string of the molecule is CCNC(CC1CCOCC1)c1ccccc1CC. The largest absolute Gasteiger partial charge is 0.381 e.